The van der Waals surface area contributed by atoms with Crippen LogP contribution in [0.5, 0.6) is 0 Å². The Morgan fingerprint density at radius 1 is 1.65 bits per heavy atom. The minimum absolute atomic E-state index is 0.0695. The second kappa shape index (κ2) is 5.41. The molecule has 1 saturated heterocycles. The van der Waals surface area contributed by atoms with Gasteiger partial charge in [0, 0.05) is 6.42 Å². The molecule has 4 heteroatoms. The third kappa shape index (κ3) is 2.80. The summed E-state index contributed by atoms with van der Waals surface area (Å²) >= 11 is 0. The Labute approximate surface area is 100 Å². The van der Waals surface area contributed by atoms with Gasteiger partial charge in [-0.1, -0.05) is 0 Å². The summed E-state index contributed by atoms with van der Waals surface area (Å²) < 4.78 is 10.3. The zero-order valence-corrected chi connectivity index (χ0v) is 9.76. The van der Waals surface area contributed by atoms with Crippen molar-refractivity contribution in [3.8, 4) is 0 Å². The summed E-state index contributed by atoms with van der Waals surface area (Å²) in [5.41, 5.74) is 2.90. The van der Waals surface area contributed by atoms with Crippen molar-refractivity contribution in [2.75, 3.05) is 6.61 Å². The molecule has 17 heavy (non-hydrogen) atoms. The van der Waals surface area contributed by atoms with E-state index in [9.17, 15) is 4.79 Å². The van der Waals surface area contributed by atoms with Crippen LogP contribution in [0.2, 0.25) is 0 Å². The van der Waals surface area contributed by atoms with Gasteiger partial charge < -0.3 is 9.15 Å². The van der Waals surface area contributed by atoms with Gasteiger partial charge in [-0.3, -0.25) is 4.90 Å². The number of hydrogen-bond donors (Lipinski definition) is 0. The lowest BCUT2D eigenvalue weighted by molar-refractivity contribution is 0.166. The lowest BCUT2D eigenvalue weighted by Gasteiger charge is -2.15. The van der Waals surface area contributed by atoms with E-state index in [1.165, 1.54) is 0 Å². The number of furan rings is 1. The van der Waals surface area contributed by atoms with Crippen molar-refractivity contribution in [2.45, 2.75) is 25.8 Å². The number of amides is 1. The Morgan fingerprint density at radius 3 is 3.24 bits per heavy atom. The van der Waals surface area contributed by atoms with Crippen molar-refractivity contribution in [1.29, 1.82) is 0 Å². The van der Waals surface area contributed by atoms with Crippen LogP contribution in [-0.4, -0.2) is 23.6 Å². The van der Waals surface area contributed by atoms with E-state index >= 15 is 0 Å². The molecule has 2 rings (SSSR count). The number of carbonyl (C=O) groups is 1. The smallest absolute Gasteiger partial charge is 0.414 e. The second-order valence-corrected chi connectivity index (χ2v) is 3.84. The minimum Gasteiger partial charge on any atom is -0.469 e. The van der Waals surface area contributed by atoms with E-state index in [1.54, 1.807) is 23.4 Å². The fourth-order valence-corrected chi connectivity index (χ4v) is 1.77. The standard InChI is InChI=1S/C13H15NO3/c1-2-3-8-14-11(10-17-13(14)15)6-7-12-5-4-9-16-12/h2,4-5,8-9,11H,6-7,10H2,1H3/t3?,11-/m1/s1. The monoisotopic (exact) mass is 233 g/mol. The molecule has 4 nitrogen and oxygen atoms in total. The maximum absolute atomic E-state index is 11.4. The number of ether oxygens (including phenoxy) is 1. The number of cyclic esters (lactones) is 1. The third-order valence-electron chi connectivity index (χ3n) is 2.69. The molecule has 1 aromatic rings. The molecule has 90 valence electrons. The fraction of sp³-hybridized carbons (Fsp3) is 0.385. The highest BCUT2D eigenvalue weighted by atomic mass is 16.6. The Morgan fingerprint density at radius 2 is 2.53 bits per heavy atom. The van der Waals surface area contributed by atoms with Crippen molar-refractivity contribution < 1.29 is 13.9 Å². The SMILES string of the molecule is CC=C=CN1C(=O)OC[C@H]1CCc1ccco1. The Kier molecular flexibility index (Phi) is 3.68. The molecule has 1 amide bonds. The molecule has 0 unspecified atom stereocenters. The maximum Gasteiger partial charge on any atom is 0.414 e. The summed E-state index contributed by atoms with van der Waals surface area (Å²) in [5.74, 6) is 0.930. The molecule has 0 N–H and O–H groups in total. The number of allylic oxidation sites excluding steroid dienone is 1. The van der Waals surface area contributed by atoms with Gasteiger partial charge in [0.15, 0.2) is 0 Å². The quantitative estimate of drug-likeness (QED) is 0.751. The van der Waals surface area contributed by atoms with Gasteiger partial charge in [0.1, 0.15) is 12.4 Å². The number of hydrogen-bond acceptors (Lipinski definition) is 3. The van der Waals surface area contributed by atoms with Crippen molar-refractivity contribution in [1.82, 2.24) is 4.90 Å². The van der Waals surface area contributed by atoms with Crippen LogP contribution < -0.4 is 0 Å². The number of nitrogens with zero attached hydrogens (tertiary/aromatic N) is 1. The Balaban J connectivity index is 1.95. The molecule has 0 spiro atoms. The Bertz CT molecular complexity index is 430. The van der Waals surface area contributed by atoms with Crippen LogP contribution in [-0.2, 0) is 11.2 Å². The first kappa shape index (κ1) is 11.6. The predicted molar refractivity (Wildman–Crippen MR) is 62.3 cm³/mol. The van der Waals surface area contributed by atoms with E-state index in [1.807, 2.05) is 19.1 Å². The van der Waals surface area contributed by atoms with E-state index in [4.69, 9.17) is 9.15 Å². The molecule has 2 heterocycles. The summed E-state index contributed by atoms with van der Waals surface area (Å²) in [7, 11) is 0. The third-order valence-corrected chi connectivity index (χ3v) is 2.69. The molecule has 0 radical (unpaired) electrons. The van der Waals surface area contributed by atoms with E-state index in [0.29, 0.717) is 6.61 Å². The van der Waals surface area contributed by atoms with Crippen molar-refractivity contribution in [3.63, 3.8) is 0 Å². The highest BCUT2D eigenvalue weighted by Gasteiger charge is 2.31. The molecule has 1 aliphatic heterocycles. The molecular formula is C13H15NO3. The minimum atomic E-state index is -0.302. The Hall–Kier alpha value is -1.93. The number of aryl methyl sites for hydroxylation is 1. The van der Waals surface area contributed by atoms with E-state index in [2.05, 4.69) is 5.73 Å². The molecule has 1 aliphatic rings. The van der Waals surface area contributed by atoms with Crippen LogP contribution in [0.4, 0.5) is 4.79 Å². The zero-order chi connectivity index (χ0) is 12.1. The van der Waals surface area contributed by atoms with E-state index in [-0.39, 0.29) is 12.1 Å². The molecule has 0 aromatic carbocycles. The topological polar surface area (TPSA) is 42.7 Å². The van der Waals surface area contributed by atoms with E-state index in [0.717, 1.165) is 18.6 Å². The lowest BCUT2D eigenvalue weighted by atomic mass is 10.1. The van der Waals surface area contributed by atoms with Gasteiger partial charge in [-0.15, -0.1) is 5.73 Å². The zero-order valence-electron chi connectivity index (χ0n) is 9.76. The van der Waals surface area contributed by atoms with Crippen LogP contribution in [0.15, 0.2) is 40.8 Å². The number of carbonyl (C=O) groups excluding carboxylic acids is 1. The highest BCUT2D eigenvalue weighted by molar-refractivity contribution is 5.71. The van der Waals surface area contributed by atoms with Gasteiger partial charge in [0.2, 0.25) is 0 Å². The van der Waals surface area contributed by atoms with Gasteiger partial charge in [-0.25, -0.2) is 4.79 Å². The average molecular weight is 233 g/mol. The number of rotatable bonds is 4. The molecule has 1 aromatic heterocycles. The maximum atomic E-state index is 11.4. The highest BCUT2D eigenvalue weighted by Crippen LogP contribution is 2.18. The van der Waals surface area contributed by atoms with Gasteiger partial charge in [0.25, 0.3) is 0 Å². The summed E-state index contributed by atoms with van der Waals surface area (Å²) in [5, 5.41) is 0. The molecule has 0 bridgehead atoms. The second-order valence-electron chi connectivity index (χ2n) is 3.84. The van der Waals surface area contributed by atoms with Gasteiger partial charge in [0.05, 0.1) is 18.5 Å². The van der Waals surface area contributed by atoms with Crippen LogP contribution in [0.1, 0.15) is 19.1 Å². The first-order chi connectivity index (χ1) is 8.31. The fourth-order valence-electron chi connectivity index (χ4n) is 1.77. The van der Waals surface area contributed by atoms with Crippen molar-refractivity contribution in [3.05, 3.63) is 42.2 Å². The van der Waals surface area contributed by atoms with Crippen LogP contribution in [0, 0.1) is 0 Å². The van der Waals surface area contributed by atoms with Gasteiger partial charge in [-0.2, -0.15) is 0 Å². The molecular weight excluding hydrogens is 218 g/mol. The molecule has 1 fully saturated rings. The molecule has 0 aliphatic carbocycles. The van der Waals surface area contributed by atoms with Crippen molar-refractivity contribution >= 4 is 6.09 Å². The molecule has 1 atom stereocenters. The van der Waals surface area contributed by atoms with Crippen LogP contribution in [0.25, 0.3) is 0 Å². The predicted octanol–water partition coefficient (Wildman–Crippen LogP) is 2.72. The van der Waals surface area contributed by atoms with Gasteiger partial charge in [-0.05, 0) is 31.6 Å². The first-order valence-corrected chi connectivity index (χ1v) is 5.66. The van der Waals surface area contributed by atoms with Crippen molar-refractivity contribution in [2.24, 2.45) is 0 Å². The van der Waals surface area contributed by atoms with Crippen LogP contribution in [0.3, 0.4) is 0 Å². The largest absolute Gasteiger partial charge is 0.469 e. The average Bonchev–Trinajstić information content (AvgIpc) is 2.94. The van der Waals surface area contributed by atoms with Gasteiger partial charge >= 0.3 is 6.09 Å². The first-order valence-electron chi connectivity index (χ1n) is 5.66. The summed E-state index contributed by atoms with van der Waals surface area (Å²) in [6.07, 6.45) is 6.37. The summed E-state index contributed by atoms with van der Waals surface area (Å²) in [6.45, 7) is 2.29. The summed E-state index contributed by atoms with van der Waals surface area (Å²) in [4.78, 5) is 13.0. The lowest BCUT2D eigenvalue weighted by Crippen LogP contribution is -2.28. The van der Waals surface area contributed by atoms with Crippen LogP contribution >= 0.6 is 0 Å². The van der Waals surface area contributed by atoms with E-state index < -0.39 is 0 Å². The normalized spacial score (nSPS) is 18.8. The molecule has 0 saturated carbocycles. The summed E-state index contributed by atoms with van der Waals surface area (Å²) in [6, 6.07) is 3.87.